The number of anilines is 2. The molecule has 0 saturated carbocycles. The van der Waals surface area contributed by atoms with Crippen molar-refractivity contribution in [2.75, 3.05) is 5.32 Å². The molecule has 1 N–H and O–H groups in total. The zero-order valence-electron chi connectivity index (χ0n) is 8.79. The molecule has 2 rings (SSSR count). The van der Waals surface area contributed by atoms with E-state index in [1.165, 1.54) is 12.3 Å². The molecule has 0 aromatic carbocycles. The van der Waals surface area contributed by atoms with Crippen LogP contribution in [0.25, 0.3) is 0 Å². The summed E-state index contributed by atoms with van der Waals surface area (Å²) >= 11 is 5.68. The number of hydrogen-bond donors (Lipinski definition) is 1. The highest BCUT2D eigenvalue weighted by molar-refractivity contribution is 6.32. The van der Waals surface area contributed by atoms with Crippen LogP contribution in [0.5, 0.6) is 0 Å². The molecular weight excluding hydrogens is 246 g/mol. The maximum absolute atomic E-state index is 10.9. The second kappa shape index (κ2) is 4.38. The summed E-state index contributed by atoms with van der Waals surface area (Å²) in [6.45, 7) is 0. The van der Waals surface area contributed by atoms with Gasteiger partial charge in [0.25, 0.3) is 0 Å². The van der Waals surface area contributed by atoms with Gasteiger partial charge in [-0.25, -0.2) is 4.98 Å². The van der Waals surface area contributed by atoms with Crippen molar-refractivity contribution in [3.8, 4) is 0 Å². The Morgan fingerprint density at radius 2 is 2.35 bits per heavy atom. The Kier molecular flexibility index (Phi) is 2.92. The van der Waals surface area contributed by atoms with Crippen LogP contribution in [0.2, 0.25) is 5.15 Å². The summed E-state index contributed by atoms with van der Waals surface area (Å²) in [6, 6.07) is 1.48. The summed E-state index contributed by atoms with van der Waals surface area (Å²) in [5.41, 5.74) is 0.666. The molecular formula is C9H8ClN5O2. The van der Waals surface area contributed by atoms with Crippen molar-refractivity contribution in [3.63, 3.8) is 0 Å². The number of nitro groups is 1. The lowest BCUT2D eigenvalue weighted by Crippen LogP contribution is -1.98. The Balaban J connectivity index is 2.39. The van der Waals surface area contributed by atoms with Crippen LogP contribution in [0, 0.1) is 10.1 Å². The van der Waals surface area contributed by atoms with Gasteiger partial charge in [0, 0.05) is 19.4 Å². The van der Waals surface area contributed by atoms with Gasteiger partial charge < -0.3 is 5.32 Å². The van der Waals surface area contributed by atoms with E-state index in [-0.39, 0.29) is 16.5 Å². The van der Waals surface area contributed by atoms with Crippen LogP contribution in [-0.4, -0.2) is 19.7 Å². The molecule has 88 valence electrons. The fourth-order valence-corrected chi connectivity index (χ4v) is 1.57. The molecule has 0 fully saturated rings. The number of aromatic nitrogens is 3. The fraction of sp³-hybridized carbons (Fsp3) is 0.111. The Bertz CT molecular complexity index is 568. The normalized spacial score (nSPS) is 10.2. The number of nitrogens with zero attached hydrogens (tertiary/aromatic N) is 4. The molecule has 0 bridgehead atoms. The topological polar surface area (TPSA) is 85.9 Å². The number of aryl methyl sites for hydroxylation is 1. The standard InChI is InChI=1S/C9H8ClN5O2/c1-14-5-6(4-12-14)13-7-2-3-11-9(10)8(7)15(16)17/h2-5H,1H3,(H,11,13). The average molecular weight is 254 g/mol. The fourth-order valence-electron chi connectivity index (χ4n) is 1.34. The van der Waals surface area contributed by atoms with E-state index in [9.17, 15) is 10.1 Å². The number of hydrogen-bond acceptors (Lipinski definition) is 5. The second-order valence-corrected chi connectivity index (χ2v) is 3.64. The molecule has 0 aliphatic carbocycles. The lowest BCUT2D eigenvalue weighted by molar-refractivity contribution is -0.384. The number of halogens is 1. The van der Waals surface area contributed by atoms with Crippen LogP contribution in [-0.2, 0) is 7.05 Å². The Morgan fingerprint density at radius 1 is 1.59 bits per heavy atom. The van der Waals surface area contributed by atoms with Gasteiger partial charge in [0.1, 0.15) is 5.69 Å². The van der Waals surface area contributed by atoms with Crippen molar-refractivity contribution < 1.29 is 4.92 Å². The largest absolute Gasteiger partial charge is 0.347 e. The van der Waals surface area contributed by atoms with Gasteiger partial charge in [-0.1, -0.05) is 11.6 Å². The molecule has 0 radical (unpaired) electrons. The Labute approximate surface area is 101 Å². The molecule has 2 aromatic heterocycles. The van der Waals surface area contributed by atoms with Gasteiger partial charge in [0.15, 0.2) is 0 Å². The lowest BCUT2D eigenvalue weighted by atomic mass is 10.3. The van der Waals surface area contributed by atoms with Crippen LogP contribution < -0.4 is 5.32 Å². The minimum absolute atomic E-state index is 0.149. The van der Waals surface area contributed by atoms with Crippen LogP contribution in [0.4, 0.5) is 17.1 Å². The number of rotatable bonds is 3. The van der Waals surface area contributed by atoms with E-state index in [1.807, 2.05) is 0 Å². The molecule has 2 heterocycles. The van der Waals surface area contributed by atoms with Crippen LogP contribution in [0.1, 0.15) is 0 Å². The van der Waals surface area contributed by atoms with Gasteiger partial charge in [-0.05, 0) is 6.07 Å². The SMILES string of the molecule is Cn1cc(Nc2ccnc(Cl)c2[N+](=O)[O-])cn1. The van der Waals surface area contributed by atoms with E-state index in [2.05, 4.69) is 15.4 Å². The molecule has 2 aromatic rings. The van der Waals surface area contributed by atoms with Crippen molar-refractivity contribution >= 4 is 28.7 Å². The third-order valence-corrected chi connectivity index (χ3v) is 2.32. The number of pyridine rings is 1. The first-order valence-corrected chi connectivity index (χ1v) is 5.00. The minimum Gasteiger partial charge on any atom is -0.347 e. The highest BCUT2D eigenvalue weighted by Gasteiger charge is 2.19. The molecule has 0 aliphatic heterocycles. The van der Waals surface area contributed by atoms with Crippen LogP contribution in [0.15, 0.2) is 24.7 Å². The van der Waals surface area contributed by atoms with E-state index in [0.717, 1.165) is 0 Å². The van der Waals surface area contributed by atoms with Crippen LogP contribution in [0.3, 0.4) is 0 Å². The van der Waals surface area contributed by atoms with Gasteiger partial charge in [-0.3, -0.25) is 14.8 Å². The molecule has 0 unspecified atom stereocenters. The summed E-state index contributed by atoms with van der Waals surface area (Å²) in [5, 5.41) is 17.5. The zero-order valence-corrected chi connectivity index (χ0v) is 9.55. The van der Waals surface area contributed by atoms with Gasteiger partial charge in [0.2, 0.25) is 5.15 Å². The van der Waals surface area contributed by atoms with E-state index < -0.39 is 4.92 Å². The van der Waals surface area contributed by atoms with Crippen LogP contribution >= 0.6 is 11.6 Å². The zero-order chi connectivity index (χ0) is 12.4. The summed E-state index contributed by atoms with van der Waals surface area (Å²) < 4.78 is 1.58. The predicted octanol–water partition coefficient (Wildman–Crippen LogP) is 2.12. The number of nitrogens with one attached hydrogen (secondary N) is 1. The molecule has 8 heteroatoms. The maximum Gasteiger partial charge on any atom is 0.329 e. The third kappa shape index (κ3) is 2.34. The predicted molar refractivity (Wildman–Crippen MR) is 62.4 cm³/mol. The first kappa shape index (κ1) is 11.3. The Morgan fingerprint density at radius 3 is 2.94 bits per heavy atom. The third-order valence-electron chi connectivity index (χ3n) is 2.05. The minimum atomic E-state index is -0.575. The molecule has 17 heavy (non-hydrogen) atoms. The van der Waals surface area contributed by atoms with E-state index in [4.69, 9.17) is 11.6 Å². The second-order valence-electron chi connectivity index (χ2n) is 3.28. The maximum atomic E-state index is 10.9. The Hall–Kier alpha value is -2.15. The molecule has 0 amide bonds. The summed E-state index contributed by atoms with van der Waals surface area (Å²) in [5.74, 6) is 0. The first-order valence-electron chi connectivity index (χ1n) is 4.62. The summed E-state index contributed by atoms with van der Waals surface area (Å²) in [6.07, 6.45) is 4.64. The van der Waals surface area contributed by atoms with Crippen molar-refractivity contribution in [1.29, 1.82) is 0 Å². The molecule has 0 aliphatic rings. The highest BCUT2D eigenvalue weighted by atomic mass is 35.5. The van der Waals surface area contributed by atoms with E-state index in [1.54, 1.807) is 24.1 Å². The molecule has 0 spiro atoms. The quantitative estimate of drug-likeness (QED) is 0.514. The molecule has 0 saturated heterocycles. The molecule has 0 atom stereocenters. The van der Waals surface area contributed by atoms with Crippen molar-refractivity contribution in [1.82, 2.24) is 14.8 Å². The smallest absolute Gasteiger partial charge is 0.329 e. The summed E-state index contributed by atoms with van der Waals surface area (Å²) in [4.78, 5) is 14.0. The highest BCUT2D eigenvalue weighted by Crippen LogP contribution is 2.32. The summed E-state index contributed by atoms with van der Waals surface area (Å²) in [7, 11) is 1.75. The average Bonchev–Trinajstić information content (AvgIpc) is 2.63. The van der Waals surface area contributed by atoms with Crippen molar-refractivity contribution in [3.05, 3.63) is 39.9 Å². The van der Waals surface area contributed by atoms with Gasteiger partial charge in [0.05, 0.1) is 16.8 Å². The van der Waals surface area contributed by atoms with Crippen molar-refractivity contribution in [2.24, 2.45) is 7.05 Å². The van der Waals surface area contributed by atoms with Gasteiger partial charge in [-0.15, -0.1) is 0 Å². The lowest BCUT2D eigenvalue weighted by Gasteiger charge is -2.04. The monoisotopic (exact) mass is 253 g/mol. The van der Waals surface area contributed by atoms with E-state index in [0.29, 0.717) is 5.69 Å². The van der Waals surface area contributed by atoms with E-state index >= 15 is 0 Å². The van der Waals surface area contributed by atoms with Gasteiger partial charge >= 0.3 is 5.69 Å². The van der Waals surface area contributed by atoms with Gasteiger partial charge in [-0.2, -0.15) is 5.10 Å². The molecule has 7 nitrogen and oxygen atoms in total. The first-order chi connectivity index (χ1) is 8.08. The van der Waals surface area contributed by atoms with Crippen molar-refractivity contribution in [2.45, 2.75) is 0 Å².